The summed E-state index contributed by atoms with van der Waals surface area (Å²) in [5.74, 6) is 0. The fourth-order valence-corrected chi connectivity index (χ4v) is 9.91. The van der Waals surface area contributed by atoms with E-state index in [0.717, 1.165) is 22.6 Å². The molecule has 0 radical (unpaired) electrons. The van der Waals surface area contributed by atoms with Gasteiger partial charge < -0.3 is 4.90 Å². The lowest BCUT2D eigenvalue weighted by molar-refractivity contribution is 0.752. The summed E-state index contributed by atoms with van der Waals surface area (Å²) in [6.07, 6.45) is 14.2. The summed E-state index contributed by atoms with van der Waals surface area (Å²) < 4.78 is 0. The number of nitriles is 1. The maximum atomic E-state index is 9.57. The number of para-hydroxylation sites is 2. The van der Waals surface area contributed by atoms with E-state index in [1.165, 1.54) is 77.2 Å². The molecule has 0 fully saturated rings. The van der Waals surface area contributed by atoms with E-state index in [4.69, 9.17) is 0 Å². The molecule has 1 aliphatic heterocycles. The monoisotopic (exact) mass is 818 g/mol. The first-order valence-corrected chi connectivity index (χ1v) is 21.9. The minimum Gasteiger partial charge on any atom is -0.310 e. The van der Waals surface area contributed by atoms with Crippen molar-refractivity contribution in [3.63, 3.8) is 0 Å². The molecule has 0 saturated carbocycles. The second kappa shape index (κ2) is 16.9. The standard InChI is InChI=1S/C48H30N2.C14H16/c1-2-31-21-25-39-40-26-22-35(47-37-13-5-3-11-33(37)28-34-12-4-6-14-38(34)47)29-44(40)48(43(39)27-31)41-15-7-9-17-45(41)50(46-18-10-8-16-42(46)48)36-23-19-32(30-49)20-24-36;1-3-4-5-6-7-11-14-12-9-8-10-13(14)2/h2-29H,1H2;3-12H,1-2H3/b;4-3-,6-5-,11-7+. The Labute approximate surface area is 376 Å². The summed E-state index contributed by atoms with van der Waals surface area (Å²) in [6.45, 7) is 8.30. The maximum absolute atomic E-state index is 9.57. The zero-order valence-corrected chi connectivity index (χ0v) is 36.0. The van der Waals surface area contributed by atoms with Crippen LogP contribution in [0, 0.1) is 18.3 Å². The fraction of sp³-hybridized carbons (Fsp3) is 0.0484. The molecule has 0 atom stereocenters. The van der Waals surface area contributed by atoms with Crippen LogP contribution in [0.2, 0.25) is 0 Å². The van der Waals surface area contributed by atoms with Gasteiger partial charge in [-0.2, -0.15) is 5.26 Å². The molecule has 11 rings (SSSR count). The Bertz CT molecular complexity index is 3290. The second-order valence-electron chi connectivity index (χ2n) is 16.4. The van der Waals surface area contributed by atoms with Crippen molar-refractivity contribution in [1.82, 2.24) is 0 Å². The van der Waals surface area contributed by atoms with Crippen molar-refractivity contribution in [3.05, 3.63) is 270 Å². The van der Waals surface area contributed by atoms with E-state index < -0.39 is 5.41 Å². The van der Waals surface area contributed by atoms with E-state index >= 15 is 0 Å². The molecule has 1 heterocycles. The van der Waals surface area contributed by atoms with Crippen LogP contribution < -0.4 is 4.90 Å². The van der Waals surface area contributed by atoms with Crippen LogP contribution in [-0.2, 0) is 5.41 Å². The van der Waals surface area contributed by atoms with Crippen LogP contribution in [0.1, 0.15) is 51.4 Å². The van der Waals surface area contributed by atoms with Gasteiger partial charge >= 0.3 is 0 Å². The van der Waals surface area contributed by atoms with Crippen LogP contribution in [0.4, 0.5) is 17.1 Å². The molecular formula is C62H46N2. The molecule has 2 heteroatoms. The van der Waals surface area contributed by atoms with Crippen LogP contribution in [0.25, 0.3) is 56.0 Å². The number of anilines is 3. The molecule has 1 aliphatic carbocycles. The van der Waals surface area contributed by atoms with Gasteiger partial charge in [0.25, 0.3) is 0 Å². The third-order valence-electron chi connectivity index (χ3n) is 12.8. The maximum Gasteiger partial charge on any atom is 0.0991 e. The number of fused-ring (bicyclic) bond motifs is 11. The molecule has 0 amide bonds. The number of benzene rings is 9. The summed E-state index contributed by atoms with van der Waals surface area (Å²) in [6, 6.07) is 70.0. The largest absolute Gasteiger partial charge is 0.310 e. The Kier molecular flexibility index (Phi) is 10.5. The van der Waals surface area contributed by atoms with E-state index in [1.54, 1.807) is 0 Å². The zero-order valence-electron chi connectivity index (χ0n) is 36.0. The number of nitrogens with zero attached hydrogens (tertiary/aromatic N) is 2. The molecule has 9 aromatic rings. The highest BCUT2D eigenvalue weighted by molar-refractivity contribution is 6.13. The van der Waals surface area contributed by atoms with Gasteiger partial charge in [0.05, 0.1) is 28.4 Å². The molecule has 0 unspecified atom stereocenters. The lowest BCUT2D eigenvalue weighted by Crippen LogP contribution is -2.36. The third-order valence-corrected chi connectivity index (χ3v) is 12.8. The quantitative estimate of drug-likeness (QED) is 0.123. The molecule has 64 heavy (non-hydrogen) atoms. The number of aryl methyl sites for hydroxylation is 1. The summed E-state index contributed by atoms with van der Waals surface area (Å²) in [7, 11) is 0. The number of hydrogen-bond donors (Lipinski definition) is 0. The predicted octanol–water partition coefficient (Wildman–Crippen LogP) is 16.5. The van der Waals surface area contributed by atoms with Crippen LogP contribution in [0.3, 0.4) is 0 Å². The van der Waals surface area contributed by atoms with Crippen LogP contribution >= 0.6 is 0 Å². The van der Waals surface area contributed by atoms with Gasteiger partial charge in [0.15, 0.2) is 0 Å². The van der Waals surface area contributed by atoms with E-state index in [-0.39, 0.29) is 0 Å². The van der Waals surface area contributed by atoms with Crippen molar-refractivity contribution < 1.29 is 0 Å². The predicted molar refractivity (Wildman–Crippen MR) is 271 cm³/mol. The third kappa shape index (κ3) is 6.67. The number of allylic oxidation sites excluding steroid dienone is 5. The van der Waals surface area contributed by atoms with Gasteiger partial charge in [-0.25, -0.2) is 0 Å². The van der Waals surface area contributed by atoms with Gasteiger partial charge in [-0.1, -0.05) is 183 Å². The normalized spacial score (nSPS) is 13.1. The molecule has 2 aliphatic rings. The number of rotatable bonds is 6. The lowest BCUT2D eigenvalue weighted by atomic mass is 9.64. The summed E-state index contributed by atoms with van der Waals surface area (Å²) >= 11 is 0. The average molecular weight is 819 g/mol. The van der Waals surface area contributed by atoms with Crippen molar-refractivity contribution in [2.45, 2.75) is 19.3 Å². The summed E-state index contributed by atoms with van der Waals surface area (Å²) in [4.78, 5) is 2.36. The Morgan fingerprint density at radius 3 is 1.77 bits per heavy atom. The van der Waals surface area contributed by atoms with E-state index in [2.05, 4.69) is 213 Å². The van der Waals surface area contributed by atoms with Crippen molar-refractivity contribution in [2.24, 2.45) is 0 Å². The Morgan fingerprint density at radius 2 is 1.12 bits per heavy atom. The van der Waals surface area contributed by atoms with Crippen LogP contribution in [0.5, 0.6) is 0 Å². The zero-order chi connectivity index (χ0) is 43.6. The highest BCUT2D eigenvalue weighted by Crippen LogP contribution is 2.64. The van der Waals surface area contributed by atoms with Crippen molar-refractivity contribution >= 4 is 50.8 Å². The summed E-state index contributed by atoms with van der Waals surface area (Å²) in [5.41, 5.74) is 17.0. The first-order valence-electron chi connectivity index (χ1n) is 21.9. The Morgan fingerprint density at radius 1 is 0.547 bits per heavy atom. The van der Waals surface area contributed by atoms with E-state index in [0.29, 0.717) is 5.56 Å². The SMILES string of the molecule is C=Cc1ccc2c(c1)C1(c3cc(-c4c5ccccc5cc5ccccc45)ccc3-2)c2ccccc2N(c2ccc(C#N)cc2)c2ccccc21.C\C=C/C=C\C=C\c1ccccc1C. The van der Waals surface area contributed by atoms with E-state index in [9.17, 15) is 5.26 Å². The Balaban J connectivity index is 0.000000298. The minimum absolute atomic E-state index is 0.587. The second-order valence-corrected chi connectivity index (χ2v) is 16.4. The van der Waals surface area contributed by atoms with Gasteiger partial charge in [-0.3, -0.25) is 0 Å². The highest BCUT2D eigenvalue weighted by atomic mass is 15.2. The average Bonchev–Trinajstić information content (AvgIpc) is 3.63. The highest BCUT2D eigenvalue weighted by Gasteiger charge is 2.52. The van der Waals surface area contributed by atoms with Crippen LogP contribution in [-0.4, -0.2) is 0 Å². The fourth-order valence-electron chi connectivity index (χ4n) is 9.91. The first-order chi connectivity index (χ1) is 31.5. The topological polar surface area (TPSA) is 27.0 Å². The molecule has 2 nitrogen and oxygen atoms in total. The van der Waals surface area contributed by atoms with Gasteiger partial charge in [0, 0.05) is 5.69 Å². The molecule has 1 spiro atoms. The first kappa shape index (κ1) is 39.9. The molecule has 0 saturated heterocycles. The van der Waals surface area contributed by atoms with Gasteiger partial charge in [-0.05, 0) is 151 Å². The Hall–Kier alpha value is -8.25. The summed E-state index contributed by atoms with van der Waals surface area (Å²) in [5, 5.41) is 14.6. The minimum atomic E-state index is -0.587. The van der Waals surface area contributed by atoms with Gasteiger partial charge in [-0.15, -0.1) is 0 Å². The smallest absolute Gasteiger partial charge is 0.0991 e. The van der Waals surface area contributed by atoms with Crippen LogP contribution in [0.15, 0.2) is 225 Å². The van der Waals surface area contributed by atoms with E-state index in [1.807, 2.05) is 49.4 Å². The van der Waals surface area contributed by atoms with Gasteiger partial charge in [0.1, 0.15) is 0 Å². The molecule has 0 bridgehead atoms. The molecule has 304 valence electrons. The molecule has 9 aromatic carbocycles. The molecule has 0 N–H and O–H groups in total. The van der Waals surface area contributed by atoms with Gasteiger partial charge in [0.2, 0.25) is 0 Å². The number of hydrogen-bond acceptors (Lipinski definition) is 2. The lowest BCUT2D eigenvalue weighted by Gasteiger charge is -2.45. The molecule has 0 aromatic heterocycles. The van der Waals surface area contributed by atoms with Crippen molar-refractivity contribution in [2.75, 3.05) is 4.90 Å². The molecular weight excluding hydrogens is 773 g/mol. The van der Waals surface area contributed by atoms with Crippen molar-refractivity contribution in [1.29, 1.82) is 5.26 Å². The van der Waals surface area contributed by atoms with Crippen molar-refractivity contribution in [3.8, 4) is 28.3 Å².